The number of aromatic nitrogens is 2. The standard InChI is InChI=1S/C26H27N5O4S/c1-34-17-2-3-20-18(11-17)19-10-16(14-36-23(19)12-27-20)31-8-6-15(7-9-31)28-26(33)21-4-5-22-25(29-21)30-24(32)13-35-22/h2-5,11-12,15-16H,6-10,13-14H2,1H3,(H,28,33)(H,29,30,32). The van der Waals surface area contributed by atoms with E-state index in [4.69, 9.17) is 9.47 Å². The minimum atomic E-state index is -0.271. The van der Waals surface area contributed by atoms with Crippen LogP contribution in [0.3, 0.4) is 0 Å². The van der Waals surface area contributed by atoms with Crippen LogP contribution in [-0.2, 0) is 11.2 Å². The predicted molar refractivity (Wildman–Crippen MR) is 137 cm³/mol. The molecule has 1 unspecified atom stereocenters. The molecule has 0 radical (unpaired) electrons. The Hall–Kier alpha value is -3.37. The normalized spacial score (nSPS) is 20.1. The lowest BCUT2D eigenvalue weighted by molar-refractivity contribution is -0.118. The maximum Gasteiger partial charge on any atom is 0.270 e. The first-order chi connectivity index (χ1) is 17.6. The van der Waals surface area contributed by atoms with E-state index < -0.39 is 0 Å². The van der Waals surface area contributed by atoms with Gasteiger partial charge in [0.05, 0.1) is 12.6 Å². The second kappa shape index (κ2) is 9.59. The second-order valence-corrected chi connectivity index (χ2v) is 10.4. The number of hydrogen-bond donors (Lipinski definition) is 2. The zero-order chi connectivity index (χ0) is 24.6. The molecule has 3 aromatic rings. The van der Waals surface area contributed by atoms with Gasteiger partial charge in [0.2, 0.25) is 0 Å². The molecule has 1 aromatic carbocycles. The number of anilines is 1. The number of benzene rings is 1. The third-order valence-electron chi connectivity index (χ3n) is 7.11. The molecule has 2 amide bonds. The first-order valence-corrected chi connectivity index (χ1v) is 13.1. The number of fused-ring (bicyclic) bond motifs is 4. The van der Waals surface area contributed by atoms with Gasteiger partial charge in [-0.3, -0.25) is 19.5 Å². The van der Waals surface area contributed by atoms with Crippen LogP contribution in [-0.4, -0.2) is 71.3 Å². The van der Waals surface area contributed by atoms with Gasteiger partial charge in [-0.25, -0.2) is 4.98 Å². The van der Waals surface area contributed by atoms with Crippen LogP contribution in [0, 0.1) is 0 Å². The van der Waals surface area contributed by atoms with Crippen molar-refractivity contribution in [3.8, 4) is 11.5 Å². The van der Waals surface area contributed by atoms with Gasteiger partial charge < -0.3 is 20.1 Å². The van der Waals surface area contributed by atoms with Crippen molar-refractivity contribution in [2.75, 3.05) is 37.9 Å². The maximum absolute atomic E-state index is 12.8. The molecule has 1 fully saturated rings. The smallest absolute Gasteiger partial charge is 0.270 e. The van der Waals surface area contributed by atoms with Gasteiger partial charge in [-0.05, 0) is 55.2 Å². The highest BCUT2D eigenvalue weighted by Gasteiger charge is 2.30. The van der Waals surface area contributed by atoms with Gasteiger partial charge in [0, 0.05) is 47.4 Å². The molecule has 1 atom stereocenters. The molecule has 2 aromatic heterocycles. The largest absolute Gasteiger partial charge is 0.497 e. The third kappa shape index (κ3) is 4.46. The number of nitrogens with zero attached hydrogens (tertiary/aromatic N) is 3. The van der Waals surface area contributed by atoms with Crippen molar-refractivity contribution in [2.24, 2.45) is 0 Å². The van der Waals surface area contributed by atoms with Crippen LogP contribution in [0.5, 0.6) is 11.5 Å². The fraction of sp³-hybridized carbons (Fsp3) is 0.385. The van der Waals surface area contributed by atoms with E-state index >= 15 is 0 Å². The molecule has 3 aliphatic rings. The number of methoxy groups -OCH3 is 1. The zero-order valence-corrected chi connectivity index (χ0v) is 20.8. The van der Waals surface area contributed by atoms with Gasteiger partial charge in [0.25, 0.3) is 11.8 Å². The van der Waals surface area contributed by atoms with Gasteiger partial charge in [-0.2, -0.15) is 0 Å². The van der Waals surface area contributed by atoms with E-state index in [9.17, 15) is 9.59 Å². The Morgan fingerprint density at radius 1 is 1.25 bits per heavy atom. The first kappa shape index (κ1) is 23.1. The molecule has 36 heavy (non-hydrogen) atoms. The number of ether oxygens (including phenoxy) is 2. The number of nitrogens with one attached hydrogen (secondary N) is 2. The molecule has 186 valence electrons. The van der Waals surface area contributed by atoms with Crippen molar-refractivity contribution in [2.45, 2.75) is 36.2 Å². The number of likely N-dealkylation sites (tertiary alicyclic amines) is 1. The maximum atomic E-state index is 12.8. The van der Waals surface area contributed by atoms with Gasteiger partial charge in [0.1, 0.15) is 11.4 Å². The lowest BCUT2D eigenvalue weighted by Gasteiger charge is -2.39. The SMILES string of the molecule is COc1ccc2ncc3c(c2c1)CC(N1CCC(NC(=O)c2ccc4c(n2)NC(=O)CO4)CC1)CS3. The predicted octanol–water partition coefficient (Wildman–Crippen LogP) is 2.88. The van der Waals surface area contributed by atoms with E-state index in [-0.39, 0.29) is 30.2 Å². The number of carbonyl (C=O) groups is 2. The molecule has 9 nitrogen and oxygen atoms in total. The molecule has 3 aliphatic heterocycles. The average molecular weight is 506 g/mol. The molecule has 0 bridgehead atoms. The average Bonchev–Trinajstić information content (AvgIpc) is 2.92. The Kier molecular flexibility index (Phi) is 6.14. The summed E-state index contributed by atoms with van der Waals surface area (Å²) >= 11 is 1.88. The zero-order valence-electron chi connectivity index (χ0n) is 20.0. The van der Waals surface area contributed by atoms with Crippen LogP contribution in [0.4, 0.5) is 5.82 Å². The molecule has 2 N–H and O–H groups in total. The Morgan fingerprint density at radius 3 is 2.94 bits per heavy atom. The summed E-state index contributed by atoms with van der Waals surface area (Å²) in [7, 11) is 1.69. The van der Waals surface area contributed by atoms with Crippen molar-refractivity contribution in [1.29, 1.82) is 0 Å². The summed E-state index contributed by atoms with van der Waals surface area (Å²) in [4.78, 5) is 37.1. The van der Waals surface area contributed by atoms with Crippen LogP contribution >= 0.6 is 11.8 Å². The quantitative estimate of drug-likeness (QED) is 0.558. The van der Waals surface area contributed by atoms with E-state index in [1.165, 1.54) is 15.8 Å². The highest BCUT2D eigenvalue weighted by molar-refractivity contribution is 7.99. The number of carbonyl (C=O) groups excluding carboxylic acids is 2. The fourth-order valence-electron chi connectivity index (χ4n) is 5.14. The summed E-state index contributed by atoms with van der Waals surface area (Å²) in [5.74, 6) is 2.16. The lowest BCUT2D eigenvalue weighted by atomic mass is 9.97. The second-order valence-electron chi connectivity index (χ2n) is 9.32. The Labute approximate surface area is 213 Å². The van der Waals surface area contributed by atoms with E-state index in [1.807, 2.05) is 30.1 Å². The summed E-state index contributed by atoms with van der Waals surface area (Å²) in [6.45, 7) is 1.82. The van der Waals surface area contributed by atoms with E-state index in [2.05, 4.69) is 31.6 Å². The van der Waals surface area contributed by atoms with Crippen molar-refractivity contribution in [1.82, 2.24) is 20.2 Å². The number of rotatable bonds is 4. The Morgan fingerprint density at radius 2 is 2.11 bits per heavy atom. The van der Waals surface area contributed by atoms with Gasteiger partial charge in [-0.1, -0.05) is 0 Å². The van der Waals surface area contributed by atoms with Crippen molar-refractivity contribution < 1.29 is 19.1 Å². The Bertz CT molecular complexity index is 1340. The van der Waals surface area contributed by atoms with Gasteiger partial charge in [0.15, 0.2) is 18.2 Å². The summed E-state index contributed by atoms with van der Waals surface area (Å²) in [5.41, 5.74) is 2.63. The monoisotopic (exact) mass is 505 g/mol. The van der Waals surface area contributed by atoms with Crippen LogP contribution in [0.15, 0.2) is 41.4 Å². The molecule has 1 saturated heterocycles. The highest BCUT2D eigenvalue weighted by atomic mass is 32.2. The van der Waals surface area contributed by atoms with E-state index in [0.717, 1.165) is 49.4 Å². The minimum absolute atomic E-state index is 0.0365. The summed E-state index contributed by atoms with van der Waals surface area (Å²) < 4.78 is 10.8. The Balaban J connectivity index is 1.09. The highest BCUT2D eigenvalue weighted by Crippen LogP contribution is 2.37. The first-order valence-electron chi connectivity index (χ1n) is 12.1. The number of amides is 2. The molecule has 5 heterocycles. The topological polar surface area (TPSA) is 106 Å². The third-order valence-corrected chi connectivity index (χ3v) is 8.32. The number of pyridine rings is 2. The molecular formula is C26H27N5O4S. The van der Waals surface area contributed by atoms with Gasteiger partial charge >= 0.3 is 0 Å². The molecule has 0 saturated carbocycles. The molecule has 0 aliphatic carbocycles. The van der Waals surface area contributed by atoms with E-state index in [1.54, 1.807) is 19.2 Å². The molecule has 10 heteroatoms. The summed E-state index contributed by atoms with van der Waals surface area (Å²) in [6, 6.07) is 9.92. The summed E-state index contributed by atoms with van der Waals surface area (Å²) in [5, 5.41) is 6.94. The van der Waals surface area contributed by atoms with Crippen LogP contribution in [0.1, 0.15) is 28.9 Å². The number of piperidine rings is 1. The summed E-state index contributed by atoms with van der Waals surface area (Å²) in [6.07, 6.45) is 4.75. The molecular weight excluding hydrogens is 478 g/mol. The molecule has 6 rings (SSSR count). The van der Waals surface area contributed by atoms with Crippen LogP contribution in [0.2, 0.25) is 0 Å². The van der Waals surface area contributed by atoms with Crippen molar-refractivity contribution in [3.05, 3.63) is 47.8 Å². The number of thioether (sulfide) groups is 1. The van der Waals surface area contributed by atoms with Crippen molar-refractivity contribution in [3.63, 3.8) is 0 Å². The van der Waals surface area contributed by atoms with Crippen LogP contribution < -0.4 is 20.1 Å². The van der Waals surface area contributed by atoms with Crippen molar-refractivity contribution >= 4 is 40.3 Å². The molecule has 0 spiro atoms. The number of hydrogen-bond acceptors (Lipinski definition) is 8. The van der Waals surface area contributed by atoms with E-state index in [0.29, 0.717) is 17.6 Å². The minimum Gasteiger partial charge on any atom is -0.497 e. The fourth-order valence-corrected chi connectivity index (χ4v) is 6.34. The van der Waals surface area contributed by atoms with Crippen LogP contribution in [0.25, 0.3) is 10.9 Å². The van der Waals surface area contributed by atoms with Gasteiger partial charge in [-0.15, -0.1) is 11.8 Å². The lowest BCUT2D eigenvalue weighted by Crippen LogP contribution is -2.50.